The van der Waals surface area contributed by atoms with Crippen molar-refractivity contribution in [3.63, 3.8) is 0 Å². The molecule has 0 spiro atoms. The summed E-state index contributed by atoms with van der Waals surface area (Å²) in [7, 11) is 1.96. The minimum atomic E-state index is -0.0757. The van der Waals surface area contributed by atoms with Gasteiger partial charge >= 0.3 is 0 Å². The van der Waals surface area contributed by atoms with Crippen molar-refractivity contribution in [1.82, 2.24) is 10.3 Å². The monoisotopic (exact) mass is 384 g/mol. The van der Waals surface area contributed by atoms with Gasteiger partial charge in [0.05, 0.1) is 17.7 Å². The van der Waals surface area contributed by atoms with Crippen LogP contribution in [0.5, 0.6) is 0 Å². The highest BCUT2D eigenvalue weighted by Gasteiger charge is 2.11. The van der Waals surface area contributed by atoms with E-state index >= 15 is 0 Å². The lowest BCUT2D eigenvalue weighted by Gasteiger charge is -2.20. The number of hydrogen-bond acceptors (Lipinski definition) is 4. The molecule has 0 fully saturated rings. The van der Waals surface area contributed by atoms with E-state index in [9.17, 15) is 4.79 Å². The van der Waals surface area contributed by atoms with Gasteiger partial charge in [-0.3, -0.25) is 9.78 Å². The summed E-state index contributed by atoms with van der Waals surface area (Å²) in [6.45, 7) is 2.62. The zero-order chi connectivity index (χ0) is 20.6. The number of nitrogens with one attached hydrogen (secondary N) is 1. The van der Waals surface area contributed by atoms with Gasteiger partial charge < -0.3 is 10.2 Å². The number of anilines is 1. The predicted molar refractivity (Wildman–Crippen MR) is 115 cm³/mol. The number of nitriles is 1. The summed E-state index contributed by atoms with van der Waals surface area (Å²) in [4.78, 5) is 18.4. The molecule has 1 atom stereocenters. The number of rotatable bonds is 7. The van der Waals surface area contributed by atoms with Gasteiger partial charge in [-0.15, -0.1) is 0 Å². The SMILES string of the molecule is CC(NC(=O)CCN(C)c1ccncc1)c1ccc(-c2cccc(C#N)c2)cc1. The third-order valence-corrected chi connectivity index (χ3v) is 4.89. The summed E-state index contributed by atoms with van der Waals surface area (Å²) in [5, 5.41) is 12.1. The Kier molecular flexibility index (Phi) is 6.59. The summed E-state index contributed by atoms with van der Waals surface area (Å²) in [6, 6.07) is 21.5. The molecule has 3 aromatic rings. The third kappa shape index (κ3) is 5.43. The lowest BCUT2D eigenvalue weighted by Crippen LogP contribution is -2.30. The molecule has 0 aliphatic carbocycles. The van der Waals surface area contributed by atoms with Crippen LogP contribution in [0.4, 0.5) is 5.69 Å². The Balaban J connectivity index is 1.55. The molecule has 1 N–H and O–H groups in total. The summed E-state index contributed by atoms with van der Waals surface area (Å²) in [5.41, 5.74) is 4.77. The third-order valence-electron chi connectivity index (χ3n) is 4.89. The van der Waals surface area contributed by atoms with Gasteiger partial charge in [0.1, 0.15) is 0 Å². The molecule has 1 amide bonds. The Hall–Kier alpha value is -3.65. The van der Waals surface area contributed by atoms with Crippen LogP contribution < -0.4 is 10.2 Å². The number of amides is 1. The maximum atomic E-state index is 12.3. The number of pyridine rings is 1. The topological polar surface area (TPSA) is 69.0 Å². The van der Waals surface area contributed by atoms with E-state index in [1.807, 2.05) is 73.5 Å². The van der Waals surface area contributed by atoms with Crippen molar-refractivity contribution >= 4 is 11.6 Å². The normalized spacial score (nSPS) is 11.3. The molecule has 5 nitrogen and oxygen atoms in total. The van der Waals surface area contributed by atoms with Crippen molar-refractivity contribution < 1.29 is 4.79 Å². The van der Waals surface area contributed by atoms with Crippen LogP contribution in [-0.2, 0) is 4.79 Å². The largest absolute Gasteiger partial charge is 0.374 e. The molecule has 3 rings (SSSR count). The predicted octanol–water partition coefficient (Wildman–Crippen LogP) is 4.32. The summed E-state index contributed by atoms with van der Waals surface area (Å²) in [6.07, 6.45) is 3.91. The maximum absolute atomic E-state index is 12.3. The van der Waals surface area contributed by atoms with Crippen LogP contribution in [-0.4, -0.2) is 24.5 Å². The van der Waals surface area contributed by atoms with Crippen molar-refractivity contribution in [3.8, 4) is 17.2 Å². The molecule has 1 aromatic heterocycles. The van der Waals surface area contributed by atoms with E-state index in [1.54, 1.807) is 18.5 Å². The summed E-state index contributed by atoms with van der Waals surface area (Å²) >= 11 is 0. The Bertz CT molecular complexity index is 993. The van der Waals surface area contributed by atoms with E-state index in [4.69, 9.17) is 5.26 Å². The van der Waals surface area contributed by atoms with E-state index in [2.05, 4.69) is 16.4 Å². The fraction of sp³-hybridized carbons (Fsp3) is 0.208. The fourth-order valence-electron chi connectivity index (χ4n) is 3.13. The first-order valence-electron chi connectivity index (χ1n) is 9.58. The molecular weight excluding hydrogens is 360 g/mol. The van der Waals surface area contributed by atoms with Crippen LogP contribution in [0.1, 0.15) is 30.5 Å². The molecule has 29 heavy (non-hydrogen) atoms. The Morgan fingerprint density at radius 1 is 1.10 bits per heavy atom. The summed E-state index contributed by atoms with van der Waals surface area (Å²) in [5.74, 6) is 0.0178. The highest BCUT2D eigenvalue weighted by atomic mass is 16.1. The molecule has 0 bridgehead atoms. The molecular formula is C24H24N4O. The van der Waals surface area contributed by atoms with Gasteiger partial charge in [0, 0.05) is 38.1 Å². The highest BCUT2D eigenvalue weighted by molar-refractivity contribution is 5.77. The second kappa shape index (κ2) is 9.52. The molecule has 0 aliphatic heterocycles. The molecule has 2 aromatic carbocycles. The molecule has 1 heterocycles. The Morgan fingerprint density at radius 3 is 2.52 bits per heavy atom. The molecule has 0 saturated carbocycles. The molecule has 0 radical (unpaired) electrons. The van der Waals surface area contributed by atoms with E-state index < -0.39 is 0 Å². The van der Waals surface area contributed by atoms with Crippen LogP contribution in [0.15, 0.2) is 73.1 Å². The second-order valence-corrected chi connectivity index (χ2v) is 6.98. The van der Waals surface area contributed by atoms with E-state index in [1.165, 1.54) is 0 Å². The number of hydrogen-bond donors (Lipinski definition) is 1. The quantitative estimate of drug-likeness (QED) is 0.658. The number of carbonyl (C=O) groups is 1. The number of aromatic nitrogens is 1. The lowest BCUT2D eigenvalue weighted by atomic mass is 10.00. The molecule has 5 heteroatoms. The molecule has 0 saturated heterocycles. The second-order valence-electron chi connectivity index (χ2n) is 6.98. The zero-order valence-electron chi connectivity index (χ0n) is 16.7. The van der Waals surface area contributed by atoms with Crippen molar-refractivity contribution in [3.05, 3.63) is 84.2 Å². The first-order chi connectivity index (χ1) is 14.1. The van der Waals surface area contributed by atoms with Crippen LogP contribution in [0.3, 0.4) is 0 Å². The fourth-order valence-corrected chi connectivity index (χ4v) is 3.13. The molecule has 146 valence electrons. The first kappa shape index (κ1) is 20.1. The average Bonchev–Trinajstić information content (AvgIpc) is 2.78. The lowest BCUT2D eigenvalue weighted by molar-refractivity contribution is -0.121. The smallest absolute Gasteiger partial charge is 0.222 e. The standard InChI is InChI=1S/C24H24N4O/c1-18(27-24(29)12-15-28(2)23-10-13-26-14-11-23)20-6-8-21(9-7-20)22-5-3-4-19(16-22)17-25/h3-11,13-14,16,18H,12,15H2,1-2H3,(H,27,29). The number of carbonyl (C=O) groups excluding carboxylic acids is 1. The van der Waals surface area contributed by atoms with Gasteiger partial charge in [0.15, 0.2) is 0 Å². The van der Waals surface area contributed by atoms with Crippen molar-refractivity contribution in [1.29, 1.82) is 5.26 Å². The molecule has 0 aliphatic rings. The zero-order valence-corrected chi connectivity index (χ0v) is 16.7. The van der Waals surface area contributed by atoms with Gasteiger partial charge in [0.2, 0.25) is 5.91 Å². The minimum absolute atomic E-state index is 0.0178. The van der Waals surface area contributed by atoms with E-state index in [0.717, 1.165) is 22.4 Å². The highest BCUT2D eigenvalue weighted by Crippen LogP contribution is 2.23. The van der Waals surface area contributed by atoms with E-state index in [-0.39, 0.29) is 11.9 Å². The van der Waals surface area contributed by atoms with Crippen molar-refractivity contribution in [2.45, 2.75) is 19.4 Å². The maximum Gasteiger partial charge on any atom is 0.222 e. The van der Waals surface area contributed by atoms with Gasteiger partial charge in [-0.2, -0.15) is 5.26 Å². The van der Waals surface area contributed by atoms with Crippen LogP contribution in [0.2, 0.25) is 0 Å². The number of benzene rings is 2. The Morgan fingerprint density at radius 2 is 1.83 bits per heavy atom. The summed E-state index contributed by atoms with van der Waals surface area (Å²) < 4.78 is 0. The van der Waals surface area contributed by atoms with Gasteiger partial charge in [-0.25, -0.2) is 0 Å². The van der Waals surface area contributed by atoms with Gasteiger partial charge in [0.25, 0.3) is 0 Å². The number of nitrogens with zero attached hydrogens (tertiary/aromatic N) is 3. The van der Waals surface area contributed by atoms with Crippen molar-refractivity contribution in [2.75, 3.05) is 18.5 Å². The van der Waals surface area contributed by atoms with Gasteiger partial charge in [-0.1, -0.05) is 36.4 Å². The van der Waals surface area contributed by atoms with Crippen LogP contribution in [0, 0.1) is 11.3 Å². The van der Waals surface area contributed by atoms with E-state index in [0.29, 0.717) is 18.5 Å². The van der Waals surface area contributed by atoms with Crippen LogP contribution in [0.25, 0.3) is 11.1 Å². The first-order valence-corrected chi connectivity index (χ1v) is 9.58. The van der Waals surface area contributed by atoms with Gasteiger partial charge in [-0.05, 0) is 47.9 Å². The molecule has 1 unspecified atom stereocenters. The van der Waals surface area contributed by atoms with Crippen molar-refractivity contribution in [2.24, 2.45) is 0 Å². The minimum Gasteiger partial charge on any atom is -0.374 e. The Labute approximate surface area is 171 Å². The van der Waals surface area contributed by atoms with Crippen LogP contribution >= 0.6 is 0 Å². The average molecular weight is 384 g/mol.